The van der Waals surface area contributed by atoms with Crippen molar-refractivity contribution in [2.45, 2.75) is 174 Å². The summed E-state index contributed by atoms with van der Waals surface area (Å²) >= 11 is 8.59. The summed E-state index contributed by atoms with van der Waals surface area (Å²) in [4.78, 5) is 0. The highest BCUT2D eigenvalue weighted by Crippen LogP contribution is 2.38. The van der Waals surface area contributed by atoms with Crippen LogP contribution in [0.15, 0.2) is 60.7 Å². The van der Waals surface area contributed by atoms with Gasteiger partial charge in [-0.05, 0) is 76.9 Å². The first-order valence-corrected chi connectivity index (χ1v) is 27.6. The van der Waals surface area contributed by atoms with Crippen LogP contribution in [-0.4, -0.2) is 47.6 Å². The summed E-state index contributed by atoms with van der Waals surface area (Å²) in [5.41, 5.74) is 0. The Morgan fingerprint density at radius 3 is 1.16 bits per heavy atom. The van der Waals surface area contributed by atoms with E-state index in [1.54, 1.807) is 0 Å². The molecule has 0 aliphatic rings. The summed E-state index contributed by atoms with van der Waals surface area (Å²) in [6.45, 7) is 11.9. The Labute approximate surface area is 336 Å². The number of benzene rings is 2. The Balaban J connectivity index is 1.87. The number of hydrogen-bond acceptors (Lipinski definition) is 5. The van der Waals surface area contributed by atoms with Gasteiger partial charge in [-0.3, -0.25) is 0 Å². The minimum absolute atomic E-state index is 0.0337. The molecule has 2 aromatic rings. The molecule has 2 aromatic carbocycles. The Kier molecular flexibility index (Phi) is 28.9. The van der Waals surface area contributed by atoms with Crippen LogP contribution < -0.4 is 10.4 Å². The molecule has 0 heterocycles. The van der Waals surface area contributed by atoms with E-state index < -0.39 is 8.32 Å². The highest BCUT2D eigenvalue weighted by molar-refractivity contribution is 8.16. The lowest BCUT2D eigenvalue weighted by molar-refractivity contribution is 0.160. The maximum atomic E-state index is 7.73. The minimum Gasteiger partial charge on any atom is -0.404 e. The monoisotopic (exact) mass is 790 g/mol. The Bertz CT molecular complexity index is 960. The summed E-state index contributed by atoms with van der Waals surface area (Å²) < 4.78 is 7.73. The van der Waals surface area contributed by atoms with Crippen molar-refractivity contribution in [2.75, 3.05) is 33.2 Å². The van der Waals surface area contributed by atoms with E-state index in [4.69, 9.17) is 4.43 Å². The molecule has 6 heteroatoms. The van der Waals surface area contributed by atoms with Gasteiger partial charge < -0.3 is 4.43 Å². The van der Waals surface area contributed by atoms with Crippen LogP contribution >= 0.6 is 47.0 Å². The standard InChI is InChI=1S/C45H78OS4Si/c1-6-8-26-36-47-40-49-38-28-16-12-10-14-20-30-42(31-21-15-11-13-17-29-39-50-41-48-37-27-9-7-2)46-51(45(3,4)5,43-32-22-18-23-33-43)44-34-24-19-25-35-44/h18-19,22-25,32-35,42H,6-17,20-21,26-31,36-41H2,1-5H3. The molecule has 51 heavy (non-hydrogen) atoms. The van der Waals surface area contributed by atoms with Gasteiger partial charge in [-0.1, -0.05) is 185 Å². The van der Waals surface area contributed by atoms with Crippen LogP contribution in [0.3, 0.4) is 0 Å². The first kappa shape index (κ1) is 47.2. The molecule has 0 saturated carbocycles. The Morgan fingerprint density at radius 2 is 0.804 bits per heavy atom. The molecule has 0 unspecified atom stereocenters. The minimum atomic E-state index is -2.53. The first-order chi connectivity index (χ1) is 25.0. The van der Waals surface area contributed by atoms with E-state index in [-0.39, 0.29) is 5.04 Å². The second kappa shape index (κ2) is 31.2. The van der Waals surface area contributed by atoms with Crippen LogP contribution in [0.4, 0.5) is 0 Å². The van der Waals surface area contributed by atoms with Gasteiger partial charge in [0.1, 0.15) is 0 Å². The lowest BCUT2D eigenvalue weighted by atomic mass is 10.0. The number of rotatable bonds is 34. The number of unbranched alkanes of at least 4 members (excludes halogenated alkanes) is 14. The largest absolute Gasteiger partial charge is 0.404 e. The zero-order valence-corrected chi connectivity index (χ0v) is 38.0. The molecular formula is C45H78OS4Si. The lowest BCUT2D eigenvalue weighted by Crippen LogP contribution is -2.67. The molecule has 0 aromatic heterocycles. The quantitative estimate of drug-likeness (QED) is 0.0395. The van der Waals surface area contributed by atoms with Crippen LogP contribution in [0.2, 0.25) is 5.04 Å². The molecule has 0 fully saturated rings. The Hall–Kier alpha value is 0.0169. The molecule has 0 spiro atoms. The number of hydrogen-bond donors (Lipinski definition) is 0. The van der Waals surface area contributed by atoms with Gasteiger partial charge in [0.25, 0.3) is 8.32 Å². The summed E-state index contributed by atoms with van der Waals surface area (Å²) in [5, 5.41) is 5.44. The average molecular weight is 791 g/mol. The number of thioether (sulfide) groups is 4. The molecule has 1 nitrogen and oxygen atoms in total. The smallest absolute Gasteiger partial charge is 0.261 e. The van der Waals surface area contributed by atoms with Crippen LogP contribution in [0, 0.1) is 0 Å². The van der Waals surface area contributed by atoms with Gasteiger partial charge in [-0.2, -0.15) is 47.0 Å². The second-order valence-electron chi connectivity index (χ2n) is 15.5. The lowest BCUT2D eigenvalue weighted by Gasteiger charge is -2.45. The van der Waals surface area contributed by atoms with Crippen molar-refractivity contribution in [2.24, 2.45) is 0 Å². The van der Waals surface area contributed by atoms with E-state index in [0.717, 1.165) is 0 Å². The van der Waals surface area contributed by atoms with E-state index in [0.29, 0.717) is 6.10 Å². The third-order valence-electron chi connectivity index (χ3n) is 10.0. The van der Waals surface area contributed by atoms with E-state index in [2.05, 4.69) is 142 Å². The summed E-state index contributed by atoms with van der Waals surface area (Å²) in [5.74, 6) is 5.37. The molecule has 0 bridgehead atoms. The van der Waals surface area contributed by atoms with Gasteiger partial charge in [-0.25, -0.2) is 0 Å². The molecule has 2 rings (SSSR count). The van der Waals surface area contributed by atoms with Gasteiger partial charge in [0.15, 0.2) is 0 Å². The summed E-state index contributed by atoms with van der Waals surface area (Å²) in [6, 6.07) is 22.6. The molecule has 0 aliphatic carbocycles. The van der Waals surface area contributed by atoms with Crippen LogP contribution in [0.5, 0.6) is 0 Å². The zero-order valence-electron chi connectivity index (χ0n) is 33.8. The van der Waals surface area contributed by atoms with Gasteiger partial charge >= 0.3 is 0 Å². The molecule has 0 amide bonds. The fraction of sp³-hybridized carbons (Fsp3) is 0.733. The fourth-order valence-electron chi connectivity index (χ4n) is 7.03. The SMILES string of the molecule is CCCCCSCSCCCCCCCCC(CCCCCCCCSCSCCCCC)O[Si](c1ccccc1)(c1ccccc1)C(C)(C)C. The normalized spacial score (nSPS) is 12.3. The highest BCUT2D eigenvalue weighted by Gasteiger charge is 2.51. The van der Waals surface area contributed by atoms with Gasteiger partial charge in [0, 0.05) is 16.3 Å². The first-order valence-electron chi connectivity index (χ1n) is 21.1. The zero-order chi connectivity index (χ0) is 36.7. The highest BCUT2D eigenvalue weighted by atomic mass is 32.2. The van der Waals surface area contributed by atoms with Crippen molar-refractivity contribution in [1.29, 1.82) is 0 Å². The summed E-state index contributed by atoms with van der Waals surface area (Å²) in [6.07, 6.45) is 27.3. The van der Waals surface area contributed by atoms with Crippen LogP contribution in [0.1, 0.15) is 163 Å². The van der Waals surface area contributed by atoms with Gasteiger partial charge in [0.05, 0.1) is 0 Å². The molecular weight excluding hydrogens is 713 g/mol. The maximum Gasteiger partial charge on any atom is 0.261 e. The van der Waals surface area contributed by atoms with Crippen LogP contribution in [-0.2, 0) is 4.43 Å². The molecule has 0 aliphatic heterocycles. The van der Waals surface area contributed by atoms with Gasteiger partial charge in [-0.15, -0.1) is 0 Å². The maximum absolute atomic E-state index is 7.73. The Morgan fingerprint density at radius 1 is 0.471 bits per heavy atom. The molecule has 0 radical (unpaired) electrons. The topological polar surface area (TPSA) is 9.23 Å². The second-order valence-corrected chi connectivity index (χ2v) is 24.9. The molecule has 0 saturated heterocycles. The van der Waals surface area contributed by atoms with E-state index in [1.807, 2.05) is 0 Å². The van der Waals surface area contributed by atoms with E-state index >= 15 is 0 Å². The van der Waals surface area contributed by atoms with Crippen molar-refractivity contribution < 1.29 is 4.43 Å². The summed E-state index contributed by atoms with van der Waals surface area (Å²) in [7, 11) is -2.53. The third kappa shape index (κ3) is 21.0. The fourth-order valence-corrected chi connectivity index (χ4v) is 16.2. The third-order valence-corrected chi connectivity index (χ3v) is 20.1. The van der Waals surface area contributed by atoms with Crippen molar-refractivity contribution in [3.8, 4) is 0 Å². The van der Waals surface area contributed by atoms with Crippen molar-refractivity contribution in [3.05, 3.63) is 60.7 Å². The predicted octanol–water partition coefficient (Wildman–Crippen LogP) is 14.6. The van der Waals surface area contributed by atoms with Crippen molar-refractivity contribution in [1.82, 2.24) is 0 Å². The molecule has 292 valence electrons. The van der Waals surface area contributed by atoms with E-state index in [9.17, 15) is 0 Å². The predicted molar refractivity (Wildman–Crippen MR) is 246 cm³/mol. The van der Waals surface area contributed by atoms with Crippen molar-refractivity contribution >= 4 is 65.7 Å². The van der Waals surface area contributed by atoms with Crippen molar-refractivity contribution in [3.63, 3.8) is 0 Å². The van der Waals surface area contributed by atoms with E-state index in [1.165, 1.54) is 172 Å². The average Bonchev–Trinajstić information content (AvgIpc) is 3.14. The molecule has 0 N–H and O–H groups in total. The van der Waals surface area contributed by atoms with Gasteiger partial charge in [0.2, 0.25) is 0 Å². The molecule has 0 atom stereocenters. The van der Waals surface area contributed by atoms with Crippen LogP contribution in [0.25, 0.3) is 0 Å².